The van der Waals surface area contributed by atoms with Crippen LogP contribution in [0.2, 0.25) is 0 Å². The summed E-state index contributed by atoms with van der Waals surface area (Å²) in [5, 5.41) is 2.65. The molecule has 24 heavy (non-hydrogen) atoms. The molecule has 1 amide bonds. The van der Waals surface area contributed by atoms with Crippen molar-refractivity contribution >= 4 is 27.3 Å². The van der Waals surface area contributed by atoms with Crippen LogP contribution < -0.4 is 14.8 Å². The van der Waals surface area contributed by atoms with E-state index < -0.39 is 10.0 Å². The lowest BCUT2D eigenvalue weighted by atomic mass is 10.2. The summed E-state index contributed by atoms with van der Waals surface area (Å²) in [6, 6.07) is 9.77. The summed E-state index contributed by atoms with van der Waals surface area (Å²) in [5.41, 5.74) is 2.52. The van der Waals surface area contributed by atoms with Crippen molar-refractivity contribution in [1.29, 1.82) is 0 Å². The number of ether oxygens (including phenoxy) is 1. The zero-order valence-corrected chi connectivity index (χ0v) is 14.8. The van der Waals surface area contributed by atoms with Gasteiger partial charge in [0.1, 0.15) is 5.75 Å². The van der Waals surface area contributed by atoms with Gasteiger partial charge in [-0.05, 0) is 55.3 Å². The number of sulfonamides is 1. The van der Waals surface area contributed by atoms with Crippen molar-refractivity contribution in [2.24, 2.45) is 0 Å². The molecular weight excluding hydrogens is 328 g/mol. The van der Waals surface area contributed by atoms with Crippen molar-refractivity contribution < 1.29 is 17.9 Å². The molecule has 0 aliphatic carbocycles. The Hall–Kier alpha value is -2.54. The molecule has 2 aromatic rings. The molecule has 128 valence electrons. The number of carbonyl (C=O) groups is 1. The minimum Gasteiger partial charge on any atom is -0.495 e. The predicted molar refractivity (Wildman–Crippen MR) is 94.0 cm³/mol. The smallest absolute Gasteiger partial charge is 0.262 e. The van der Waals surface area contributed by atoms with Gasteiger partial charge in [-0.3, -0.25) is 9.52 Å². The number of rotatable bonds is 5. The maximum atomic E-state index is 12.6. The molecule has 0 heterocycles. The summed E-state index contributed by atoms with van der Waals surface area (Å²) in [7, 11) is -2.29. The quantitative estimate of drug-likeness (QED) is 0.870. The molecule has 6 nitrogen and oxygen atoms in total. The van der Waals surface area contributed by atoms with Crippen LogP contribution >= 0.6 is 0 Å². The average molecular weight is 348 g/mol. The number of amides is 1. The van der Waals surface area contributed by atoms with Gasteiger partial charge in [0.05, 0.1) is 17.7 Å². The van der Waals surface area contributed by atoms with E-state index in [2.05, 4.69) is 10.0 Å². The Morgan fingerprint density at radius 3 is 2.33 bits per heavy atom. The summed E-state index contributed by atoms with van der Waals surface area (Å²) < 4.78 is 33.0. The molecule has 0 aliphatic rings. The van der Waals surface area contributed by atoms with Crippen LogP contribution in [0.25, 0.3) is 0 Å². The van der Waals surface area contributed by atoms with Crippen LogP contribution in [0.4, 0.5) is 11.4 Å². The lowest BCUT2D eigenvalue weighted by molar-refractivity contribution is -0.114. The third kappa shape index (κ3) is 4.05. The largest absolute Gasteiger partial charge is 0.495 e. The third-order valence-electron chi connectivity index (χ3n) is 3.42. The minimum atomic E-state index is -3.77. The van der Waals surface area contributed by atoms with Crippen LogP contribution in [0.1, 0.15) is 18.1 Å². The van der Waals surface area contributed by atoms with Crippen molar-refractivity contribution in [2.45, 2.75) is 25.7 Å². The lowest BCUT2D eigenvalue weighted by Crippen LogP contribution is -2.14. The maximum Gasteiger partial charge on any atom is 0.262 e. The fourth-order valence-corrected chi connectivity index (χ4v) is 3.38. The standard InChI is InChI=1S/C17H20N2O4S/c1-11-5-8-17(23-4)16(9-11)19-24(21,22)14-6-7-15(12(2)10-14)18-13(3)20/h5-10,19H,1-4H3,(H,18,20). The summed E-state index contributed by atoms with van der Waals surface area (Å²) in [5.74, 6) is 0.229. The minimum absolute atomic E-state index is 0.109. The first-order chi connectivity index (χ1) is 11.2. The van der Waals surface area contributed by atoms with Gasteiger partial charge in [-0.15, -0.1) is 0 Å². The zero-order chi connectivity index (χ0) is 17.9. The molecule has 0 atom stereocenters. The molecule has 7 heteroatoms. The highest BCUT2D eigenvalue weighted by Gasteiger charge is 2.18. The van der Waals surface area contributed by atoms with Crippen LogP contribution in [-0.2, 0) is 14.8 Å². The summed E-state index contributed by atoms with van der Waals surface area (Å²) >= 11 is 0. The molecule has 0 aromatic heterocycles. The fourth-order valence-electron chi connectivity index (χ4n) is 2.24. The first-order valence-corrected chi connectivity index (χ1v) is 8.77. The Kier molecular flexibility index (Phi) is 5.14. The number of aryl methyl sites for hydroxylation is 2. The van der Waals surface area contributed by atoms with Crippen LogP contribution in [-0.4, -0.2) is 21.4 Å². The second kappa shape index (κ2) is 6.92. The van der Waals surface area contributed by atoms with E-state index in [0.717, 1.165) is 5.56 Å². The molecule has 0 unspecified atom stereocenters. The van der Waals surface area contributed by atoms with Gasteiger partial charge in [-0.25, -0.2) is 8.42 Å². The second-order valence-electron chi connectivity index (χ2n) is 5.47. The molecular formula is C17H20N2O4S. The van der Waals surface area contributed by atoms with Gasteiger partial charge in [0.25, 0.3) is 10.0 Å². The van der Waals surface area contributed by atoms with Gasteiger partial charge >= 0.3 is 0 Å². The molecule has 0 bridgehead atoms. The van der Waals surface area contributed by atoms with Crippen LogP contribution in [0.3, 0.4) is 0 Å². The molecule has 2 rings (SSSR count). The highest BCUT2D eigenvalue weighted by atomic mass is 32.2. The van der Waals surface area contributed by atoms with Crippen molar-refractivity contribution in [3.05, 3.63) is 47.5 Å². The summed E-state index contributed by atoms with van der Waals surface area (Å²) in [6.07, 6.45) is 0. The van der Waals surface area contributed by atoms with E-state index in [4.69, 9.17) is 4.74 Å². The summed E-state index contributed by atoms with van der Waals surface area (Å²) in [4.78, 5) is 11.2. The van der Waals surface area contributed by atoms with E-state index >= 15 is 0 Å². The highest BCUT2D eigenvalue weighted by Crippen LogP contribution is 2.28. The van der Waals surface area contributed by atoms with E-state index in [1.54, 1.807) is 25.1 Å². The number of anilines is 2. The van der Waals surface area contributed by atoms with Crippen molar-refractivity contribution in [3.8, 4) is 5.75 Å². The molecule has 0 fully saturated rings. The Bertz CT molecular complexity index is 876. The van der Waals surface area contributed by atoms with Gasteiger partial charge < -0.3 is 10.1 Å². The Labute approximate surface area is 141 Å². The van der Waals surface area contributed by atoms with Crippen LogP contribution in [0.5, 0.6) is 5.75 Å². The monoisotopic (exact) mass is 348 g/mol. The van der Waals surface area contributed by atoms with Crippen molar-refractivity contribution in [3.63, 3.8) is 0 Å². The van der Waals surface area contributed by atoms with Gasteiger partial charge in [0.2, 0.25) is 5.91 Å². The molecule has 2 aromatic carbocycles. The Morgan fingerprint density at radius 2 is 1.75 bits per heavy atom. The number of benzene rings is 2. The highest BCUT2D eigenvalue weighted by molar-refractivity contribution is 7.92. The van der Waals surface area contributed by atoms with E-state index in [9.17, 15) is 13.2 Å². The second-order valence-corrected chi connectivity index (χ2v) is 7.15. The number of carbonyl (C=O) groups excluding carboxylic acids is 1. The first-order valence-electron chi connectivity index (χ1n) is 7.28. The molecule has 0 saturated heterocycles. The van der Waals surface area contributed by atoms with Crippen LogP contribution in [0.15, 0.2) is 41.3 Å². The molecule has 0 aliphatic heterocycles. The van der Waals surface area contributed by atoms with Crippen molar-refractivity contribution in [1.82, 2.24) is 0 Å². The Balaban J connectivity index is 2.36. The van der Waals surface area contributed by atoms with E-state index in [-0.39, 0.29) is 10.8 Å². The summed E-state index contributed by atoms with van der Waals surface area (Å²) in [6.45, 7) is 5.00. The molecule has 0 spiro atoms. The number of methoxy groups -OCH3 is 1. The first kappa shape index (κ1) is 17.8. The van der Waals surface area contributed by atoms with Gasteiger partial charge in [0.15, 0.2) is 0 Å². The van der Waals surface area contributed by atoms with Gasteiger partial charge in [-0.2, -0.15) is 0 Å². The van der Waals surface area contributed by atoms with E-state index in [1.165, 1.54) is 26.2 Å². The van der Waals surface area contributed by atoms with E-state index in [1.807, 2.05) is 13.0 Å². The number of nitrogens with one attached hydrogen (secondary N) is 2. The Morgan fingerprint density at radius 1 is 1.04 bits per heavy atom. The van der Waals surface area contributed by atoms with Gasteiger partial charge in [0, 0.05) is 12.6 Å². The molecule has 0 radical (unpaired) electrons. The van der Waals surface area contributed by atoms with Crippen LogP contribution in [0, 0.1) is 13.8 Å². The normalized spacial score (nSPS) is 11.0. The number of hydrogen-bond donors (Lipinski definition) is 2. The number of hydrogen-bond acceptors (Lipinski definition) is 4. The zero-order valence-electron chi connectivity index (χ0n) is 14.0. The average Bonchev–Trinajstić information content (AvgIpc) is 2.48. The lowest BCUT2D eigenvalue weighted by Gasteiger charge is -2.14. The van der Waals surface area contributed by atoms with Gasteiger partial charge in [-0.1, -0.05) is 6.07 Å². The van der Waals surface area contributed by atoms with Crippen molar-refractivity contribution in [2.75, 3.05) is 17.1 Å². The molecule has 0 saturated carbocycles. The molecule has 2 N–H and O–H groups in total. The topological polar surface area (TPSA) is 84.5 Å². The maximum absolute atomic E-state index is 12.6. The van der Waals surface area contributed by atoms with E-state index in [0.29, 0.717) is 22.7 Å². The fraction of sp³-hybridized carbons (Fsp3) is 0.235. The predicted octanol–water partition coefficient (Wildman–Crippen LogP) is 3.07. The SMILES string of the molecule is COc1ccc(C)cc1NS(=O)(=O)c1ccc(NC(C)=O)c(C)c1. The third-order valence-corrected chi connectivity index (χ3v) is 4.78.